The van der Waals surface area contributed by atoms with Crippen molar-refractivity contribution in [3.63, 3.8) is 0 Å². The molecule has 1 saturated carbocycles. The van der Waals surface area contributed by atoms with Gasteiger partial charge in [0.15, 0.2) is 5.65 Å². The van der Waals surface area contributed by atoms with Crippen LogP contribution in [0.25, 0.3) is 11.2 Å². The fourth-order valence-electron chi connectivity index (χ4n) is 4.06. The number of amides is 2. The maximum Gasteiger partial charge on any atom is 0.319 e. The first-order chi connectivity index (χ1) is 14.1. The minimum Gasteiger partial charge on any atom is -0.337 e. The van der Waals surface area contributed by atoms with Gasteiger partial charge >= 0.3 is 6.03 Å². The van der Waals surface area contributed by atoms with Crippen molar-refractivity contribution in [2.75, 3.05) is 11.9 Å². The van der Waals surface area contributed by atoms with E-state index in [-0.39, 0.29) is 6.03 Å². The number of aryl methyl sites for hydroxylation is 1. The number of aromatic nitrogens is 3. The lowest BCUT2D eigenvalue weighted by Gasteiger charge is -2.25. The van der Waals surface area contributed by atoms with Crippen LogP contribution in [0.3, 0.4) is 0 Å². The standard InChI is InChI=1S/C22H26ClN5O/c1-15-9-10-16(23)14-19(15)27-22(29)25-13-11-20-26-18-8-5-12-24-21(18)28(20)17-6-3-2-4-7-17/h5,8-10,12,14,17H,2-4,6-7,11,13H2,1H3,(H2,25,27,29). The van der Waals surface area contributed by atoms with Gasteiger partial charge in [0.2, 0.25) is 0 Å². The number of benzene rings is 1. The molecule has 0 aliphatic heterocycles. The van der Waals surface area contributed by atoms with E-state index in [1.165, 1.54) is 19.3 Å². The highest BCUT2D eigenvalue weighted by Crippen LogP contribution is 2.32. The molecule has 3 aromatic rings. The van der Waals surface area contributed by atoms with Gasteiger partial charge in [-0.2, -0.15) is 0 Å². The maximum atomic E-state index is 12.3. The molecule has 2 aromatic heterocycles. The molecule has 0 unspecified atom stereocenters. The number of hydrogen-bond donors (Lipinski definition) is 2. The van der Waals surface area contributed by atoms with E-state index >= 15 is 0 Å². The van der Waals surface area contributed by atoms with E-state index in [4.69, 9.17) is 16.6 Å². The van der Waals surface area contributed by atoms with Gasteiger partial charge in [0.25, 0.3) is 0 Å². The van der Waals surface area contributed by atoms with Crippen LogP contribution in [0.5, 0.6) is 0 Å². The van der Waals surface area contributed by atoms with E-state index in [0.717, 1.165) is 35.4 Å². The molecule has 1 aromatic carbocycles. The predicted molar refractivity (Wildman–Crippen MR) is 117 cm³/mol. The Morgan fingerprint density at radius 1 is 1.24 bits per heavy atom. The summed E-state index contributed by atoms with van der Waals surface area (Å²) in [6.45, 7) is 2.44. The normalized spacial score (nSPS) is 14.8. The van der Waals surface area contributed by atoms with Gasteiger partial charge in [-0.05, 0) is 49.6 Å². The van der Waals surface area contributed by atoms with Gasteiger partial charge in [0.1, 0.15) is 11.3 Å². The molecule has 4 rings (SSSR count). The van der Waals surface area contributed by atoms with Crippen LogP contribution in [0.15, 0.2) is 36.5 Å². The van der Waals surface area contributed by atoms with Crippen LogP contribution >= 0.6 is 11.6 Å². The average Bonchev–Trinajstić information content (AvgIpc) is 3.09. The Kier molecular flexibility index (Phi) is 6.00. The summed E-state index contributed by atoms with van der Waals surface area (Å²) in [7, 11) is 0. The number of anilines is 1. The smallest absolute Gasteiger partial charge is 0.319 e. The topological polar surface area (TPSA) is 71.8 Å². The summed E-state index contributed by atoms with van der Waals surface area (Å²) in [5.74, 6) is 0.991. The number of nitrogens with zero attached hydrogens (tertiary/aromatic N) is 3. The first-order valence-corrected chi connectivity index (χ1v) is 10.6. The van der Waals surface area contributed by atoms with Gasteiger partial charge in [-0.3, -0.25) is 0 Å². The number of rotatable bonds is 5. The average molecular weight is 412 g/mol. The molecule has 1 aliphatic carbocycles. The number of carbonyl (C=O) groups excluding carboxylic acids is 1. The van der Waals surface area contributed by atoms with Crippen LogP contribution in [-0.4, -0.2) is 27.1 Å². The summed E-state index contributed by atoms with van der Waals surface area (Å²) in [4.78, 5) is 21.7. The SMILES string of the molecule is Cc1ccc(Cl)cc1NC(=O)NCCc1nc2cccnc2n1C1CCCCC1. The zero-order valence-electron chi connectivity index (χ0n) is 16.6. The third kappa shape index (κ3) is 4.53. The van der Waals surface area contributed by atoms with Crippen LogP contribution in [0.1, 0.15) is 49.5 Å². The fourth-order valence-corrected chi connectivity index (χ4v) is 4.23. The predicted octanol–water partition coefficient (Wildman–Crippen LogP) is 5.26. The van der Waals surface area contributed by atoms with Gasteiger partial charge < -0.3 is 15.2 Å². The maximum absolute atomic E-state index is 12.3. The number of pyridine rings is 1. The Balaban J connectivity index is 1.44. The van der Waals surface area contributed by atoms with Gasteiger partial charge in [0.05, 0.1) is 0 Å². The number of urea groups is 1. The molecule has 0 saturated heterocycles. The lowest BCUT2D eigenvalue weighted by atomic mass is 9.95. The number of nitrogens with one attached hydrogen (secondary N) is 2. The first-order valence-electron chi connectivity index (χ1n) is 10.2. The zero-order valence-corrected chi connectivity index (χ0v) is 17.4. The number of carbonyl (C=O) groups is 1. The van der Waals surface area contributed by atoms with E-state index in [2.05, 4.69) is 20.2 Å². The van der Waals surface area contributed by atoms with Gasteiger partial charge in [-0.15, -0.1) is 0 Å². The number of imidazole rings is 1. The Bertz CT molecular complexity index is 1010. The van der Waals surface area contributed by atoms with Crippen LogP contribution in [0, 0.1) is 6.92 Å². The molecule has 2 N–H and O–H groups in total. The molecule has 2 amide bonds. The Hall–Kier alpha value is -2.60. The Morgan fingerprint density at radius 2 is 2.07 bits per heavy atom. The zero-order chi connectivity index (χ0) is 20.2. The van der Waals surface area contributed by atoms with E-state index < -0.39 is 0 Å². The molecular formula is C22H26ClN5O. The molecule has 152 valence electrons. The lowest BCUT2D eigenvalue weighted by molar-refractivity contribution is 0.252. The van der Waals surface area contributed by atoms with Crippen molar-refractivity contribution in [1.82, 2.24) is 19.9 Å². The molecule has 6 nitrogen and oxygen atoms in total. The quantitative estimate of drug-likeness (QED) is 0.601. The van der Waals surface area contributed by atoms with Gasteiger partial charge in [-0.1, -0.05) is 36.9 Å². The van der Waals surface area contributed by atoms with Crippen molar-refractivity contribution >= 4 is 34.5 Å². The molecule has 7 heteroatoms. The second-order valence-electron chi connectivity index (χ2n) is 7.63. The van der Waals surface area contributed by atoms with Crippen LogP contribution < -0.4 is 10.6 Å². The minimum absolute atomic E-state index is 0.242. The van der Waals surface area contributed by atoms with Crippen molar-refractivity contribution in [2.45, 2.75) is 51.5 Å². The van der Waals surface area contributed by atoms with Crippen molar-refractivity contribution in [2.24, 2.45) is 0 Å². The highest BCUT2D eigenvalue weighted by atomic mass is 35.5. The lowest BCUT2D eigenvalue weighted by Crippen LogP contribution is -2.31. The summed E-state index contributed by atoms with van der Waals surface area (Å²) >= 11 is 6.03. The summed E-state index contributed by atoms with van der Waals surface area (Å²) in [6.07, 6.45) is 8.61. The van der Waals surface area contributed by atoms with E-state index in [1.54, 1.807) is 6.07 Å². The van der Waals surface area contributed by atoms with E-state index in [1.807, 2.05) is 37.4 Å². The largest absolute Gasteiger partial charge is 0.337 e. The molecule has 0 atom stereocenters. The van der Waals surface area contributed by atoms with Crippen LogP contribution in [0.4, 0.5) is 10.5 Å². The molecule has 2 heterocycles. The van der Waals surface area contributed by atoms with Crippen LogP contribution in [-0.2, 0) is 6.42 Å². The molecule has 0 spiro atoms. The molecular weight excluding hydrogens is 386 g/mol. The number of fused-ring (bicyclic) bond motifs is 1. The van der Waals surface area contributed by atoms with Gasteiger partial charge in [0, 0.05) is 35.9 Å². The number of hydrogen-bond acceptors (Lipinski definition) is 3. The number of halogens is 1. The van der Waals surface area contributed by atoms with Crippen molar-refractivity contribution < 1.29 is 4.79 Å². The summed E-state index contributed by atoms with van der Waals surface area (Å²) in [5, 5.41) is 6.40. The van der Waals surface area contributed by atoms with E-state index in [9.17, 15) is 4.79 Å². The second-order valence-corrected chi connectivity index (χ2v) is 8.06. The molecule has 0 bridgehead atoms. The monoisotopic (exact) mass is 411 g/mol. The molecule has 0 radical (unpaired) electrons. The van der Waals surface area contributed by atoms with Gasteiger partial charge in [-0.25, -0.2) is 14.8 Å². The molecule has 1 aliphatic rings. The summed E-state index contributed by atoms with van der Waals surface area (Å²) in [6, 6.07) is 9.58. The minimum atomic E-state index is -0.242. The summed E-state index contributed by atoms with van der Waals surface area (Å²) < 4.78 is 2.30. The van der Waals surface area contributed by atoms with Crippen LogP contribution in [0.2, 0.25) is 5.02 Å². The van der Waals surface area contributed by atoms with Crippen molar-refractivity contribution in [3.05, 3.63) is 52.9 Å². The highest BCUT2D eigenvalue weighted by molar-refractivity contribution is 6.31. The highest BCUT2D eigenvalue weighted by Gasteiger charge is 2.22. The Morgan fingerprint density at radius 3 is 2.90 bits per heavy atom. The van der Waals surface area contributed by atoms with Crippen molar-refractivity contribution in [1.29, 1.82) is 0 Å². The Labute approximate surface area is 175 Å². The molecule has 29 heavy (non-hydrogen) atoms. The first kappa shape index (κ1) is 19.7. The second kappa shape index (κ2) is 8.82. The van der Waals surface area contributed by atoms with Crippen molar-refractivity contribution in [3.8, 4) is 0 Å². The van der Waals surface area contributed by atoms with E-state index in [0.29, 0.717) is 29.7 Å². The third-order valence-electron chi connectivity index (χ3n) is 5.54. The summed E-state index contributed by atoms with van der Waals surface area (Å²) in [5.41, 5.74) is 3.56. The molecule has 1 fully saturated rings. The third-order valence-corrected chi connectivity index (χ3v) is 5.78. The fraction of sp³-hybridized carbons (Fsp3) is 0.409.